The minimum absolute atomic E-state index is 0.00575. The van der Waals surface area contributed by atoms with Gasteiger partial charge in [0.25, 0.3) is 0 Å². The summed E-state index contributed by atoms with van der Waals surface area (Å²) in [6.45, 7) is 5.00. The molecule has 0 bridgehead atoms. The van der Waals surface area contributed by atoms with Crippen LogP contribution in [0.5, 0.6) is 0 Å². The van der Waals surface area contributed by atoms with Crippen LogP contribution in [-0.4, -0.2) is 39.8 Å². The van der Waals surface area contributed by atoms with Crippen LogP contribution in [0.3, 0.4) is 0 Å². The molecule has 0 radical (unpaired) electrons. The van der Waals surface area contributed by atoms with E-state index < -0.39 is 0 Å². The Balaban J connectivity index is 1.92. The van der Waals surface area contributed by atoms with Gasteiger partial charge in [0.05, 0.1) is 6.04 Å². The van der Waals surface area contributed by atoms with E-state index in [0.717, 1.165) is 18.1 Å². The Morgan fingerprint density at radius 2 is 2.53 bits per heavy atom. The summed E-state index contributed by atoms with van der Waals surface area (Å²) in [7, 11) is 0. The third-order valence-electron chi connectivity index (χ3n) is 2.63. The van der Waals surface area contributed by atoms with Gasteiger partial charge in [-0.2, -0.15) is 16.9 Å². The average molecular weight is 254 g/mol. The van der Waals surface area contributed by atoms with Gasteiger partial charge in [0.2, 0.25) is 5.91 Å². The SMILES string of the molecule is CC(C)n1ccc(NC(=O)C2CSCCN2)n1. The molecule has 2 N–H and O–H groups in total. The molecular weight excluding hydrogens is 236 g/mol. The minimum atomic E-state index is -0.0991. The first-order valence-corrected chi connectivity index (χ1v) is 6.99. The predicted octanol–water partition coefficient (Wildman–Crippen LogP) is 1.11. The Hall–Kier alpha value is -1.01. The van der Waals surface area contributed by atoms with Crippen molar-refractivity contribution in [1.29, 1.82) is 0 Å². The van der Waals surface area contributed by atoms with Gasteiger partial charge in [-0.3, -0.25) is 9.48 Å². The number of rotatable bonds is 3. The highest BCUT2D eigenvalue weighted by Crippen LogP contribution is 2.11. The van der Waals surface area contributed by atoms with Crippen LogP contribution >= 0.6 is 11.8 Å². The number of amides is 1. The number of carbonyl (C=O) groups is 1. The molecule has 1 aromatic rings. The molecule has 1 aliphatic heterocycles. The largest absolute Gasteiger partial charge is 0.308 e. The van der Waals surface area contributed by atoms with Gasteiger partial charge in [0, 0.05) is 36.4 Å². The molecule has 0 saturated carbocycles. The molecule has 1 saturated heterocycles. The van der Waals surface area contributed by atoms with Gasteiger partial charge < -0.3 is 10.6 Å². The van der Waals surface area contributed by atoms with Gasteiger partial charge in [-0.05, 0) is 13.8 Å². The van der Waals surface area contributed by atoms with E-state index in [0.29, 0.717) is 11.9 Å². The van der Waals surface area contributed by atoms with Crippen molar-refractivity contribution in [2.24, 2.45) is 0 Å². The van der Waals surface area contributed by atoms with Crippen LogP contribution in [-0.2, 0) is 4.79 Å². The summed E-state index contributed by atoms with van der Waals surface area (Å²) in [6, 6.07) is 2.04. The summed E-state index contributed by atoms with van der Waals surface area (Å²) < 4.78 is 1.83. The predicted molar refractivity (Wildman–Crippen MR) is 70.4 cm³/mol. The second-order valence-corrected chi connectivity index (χ2v) is 5.50. The lowest BCUT2D eigenvalue weighted by atomic mass is 10.3. The Morgan fingerprint density at radius 1 is 1.71 bits per heavy atom. The highest BCUT2D eigenvalue weighted by Gasteiger charge is 2.21. The molecule has 94 valence electrons. The lowest BCUT2D eigenvalue weighted by molar-refractivity contribution is -0.117. The van der Waals surface area contributed by atoms with E-state index in [4.69, 9.17) is 0 Å². The van der Waals surface area contributed by atoms with Crippen molar-refractivity contribution in [3.05, 3.63) is 12.3 Å². The van der Waals surface area contributed by atoms with Crippen LogP contribution in [0.1, 0.15) is 19.9 Å². The van der Waals surface area contributed by atoms with Gasteiger partial charge in [0.1, 0.15) is 0 Å². The number of thioether (sulfide) groups is 1. The Bertz CT molecular complexity index is 385. The lowest BCUT2D eigenvalue weighted by Crippen LogP contribution is -2.46. The van der Waals surface area contributed by atoms with Crippen molar-refractivity contribution >= 4 is 23.5 Å². The Labute approximate surface area is 105 Å². The van der Waals surface area contributed by atoms with Gasteiger partial charge >= 0.3 is 0 Å². The molecule has 1 fully saturated rings. The van der Waals surface area contributed by atoms with E-state index in [2.05, 4.69) is 29.6 Å². The number of hydrogen-bond acceptors (Lipinski definition) is 4. The number of nitrogens with zero attached hydrogens (tertiary/aromatic N) is 2. The van der Waals surface area contributed by atoms with Crippen molar-refractivity contribution in [3.8, 4) is 0 Å². The van der Waals surface area contributed by atoms with E-state index in [1.165, 1.54) is 0 Å². The normalized spacial score (nSPS) is 20.5. The van der Waals surface area contributed by atoms with Crippen LogP contribution < -0.4 is 10.6 Å². The van der Waals surface area contributed by atoms with Crippen molar-refractivity contribution in [1.82, 2.24) is 15.1 Å². The molecule has 0 aromatic carbocycles. The van der Waals surface area contributed by atoms with Gasteiger partial charge in [-0.1, -0.05) is 0 Å². The van der Waals surface area contributed by atoms with Crippen LogP contribution in [0.15, 0.2) is 12.3 Å². The molecule has 1 aliphatic rings. The molecule has 0 aliphatic carbocycles. The second kappa shape index (κ2) is 5.55. The minimum Gasteiger partial charge on any atom is -0.308 e. The van der Waals surface area contributed by atoms with Crippen LogP contribution in [0.25, 0.3) is 0 Å². The zero-order valence-corrected chi connectivity index (χ0v) is 11.0. The van der Waals surface area contributed by atoms with Crippen molar-refractivity contribution in [3.63, 3.8) is 0 Å². The molecule has 2 heterocycles. The molecule has 2 rings (SSSR count). The van der Waals surface area contributed by atoms with Crippen LogP contribution in [0.4, 0.5) is 5.82 Å². The second-order valence-electron chi connectivity index (χ2n) is 4.35. The van der Waals surface area contributed by atoms with Crippen molar-refractivity contribution in [2.45, 2.75) is 25.9 Å². The summed E-state index contributed by atoms with van der Waals surface area (Å²) in [5.41, 5.74) is 0. The number of anilines is 1. The van der Waals surface area contributed by atoms with E-state index in [1.54, 1.807) is 11.8 Å². The molecule has 1 atom stereocenters. The third kappa shape index (κ3) is 3.23. The van der Waals surface area contributed by atoms with Crippen LogP contribution in [0.2, 0.25) is 0 Å². The Morgan fingerprint density at radius 3 is 3.12 bits per heavy atom. The van der Waals surface area contributed by atoms with Crippen LogP contribution in [0, 0.1) is 0 Å². The fraction of sp³-hybridized carbons (Fsp3) is 0.636. The average Bonchev–Trinajstić information content (AvgIpc) is 2.79. The van der Waals surface area contributed by atoms with E-state index >= 15 is 0 Å². The first kappa shape index (κ1) is 12.4. The van der Waals surface area contributed by atoms with E-state index in [-0.39, 0.29) is 11.9 Å². The standard InChI is InChI=1S/C11H18N4OS/c1-8(2)15-5-3-10(14-15)13-11(16)9-7-17-6-4-12-9/h3,5,8-9,12H,4,6-7H2,1-2H3,(H,13,14,16). The fourth-order valence-corrected chi connectivity index (χ4v) is 2.57. The summed E-state index contributed by atoms with van der Waals surface area (Å²) in [6.07, 6.45) is 1.88. The first-order chi connectivity index (χ1) is 8.16. The van der Waals surface area contributed by atoms with Crippen molar-refractivity contribution < 1.29 is 4.79 Å². The molecule has 1 aromatic heterocycles. The maximum Gasteiger partial charge on any atom is 0.243 e. The highest BCUT2D eigenvalue weighted by molar-refractivity contribution is 7.99. The van der Waals surface area contributed by atoms with E-state index in [1.807, 2.05) is 16.9 Å². The number of hydrogen-bond donors (Lipinski definition) is 2. The smallest absolute Gasteiger partial charge is 0.243 e. The fourth-order valence-electron chi connectivity index (χ4n) is 1.64. The Kier molecular flexibility index (Phi) is 4.06. The summed E-state index contributed by atoms with van der Waals surface area (Å²) in [5.74, 6) is 2.54. The number of nitrogens with one attached hydrogen (secondary N) is 2. The zero-order valence-electron chi connectivity index (χ0n) is 10.1. The maximum absolute atomic E-state index is 11.9. The molecule has 1 unspecified atom stereocenters. The molecule has 6 heteroatoms. The number of aromatic nitrogens is 2. The first-order valence-electron chi connectivity index (χ1n) is 5.84. The third-order valence-corrected chi connectivity index (χ3v) is 3.69. The summed E-state index contributed by atoms with van der Waals surface area (Å²) in [4.78, 5) is 11.9. The highest BCUT2D eigenvalue weighted by atomic mass is 32.2. The van der Waals surface area contributed by atoms with Gasteiger partial charge in [0.15, 0.2) is 5.82 Å². The molecule has 1 amide bonds. The quantitative estimate of drug-likeness (QED) is 0.848. The lowest BCUT2D eigenvalue weighted by Gasteiger charge is -2.21. The summed E-state index contributed by atoms with van der Waals surface area (Å²) >= 11 is 1.80. The topological polar surface area (TPSA) is 59.0 Å². The summed E-state index contributed by atoms with van der Waals surface area (Å²) in [5, 5.41) is 10.3. The zero-order chi connectivity index (χ0) is 12.3. The van der Waals surface area contributed by atoms with Gasteiger partial charge in [-0.25, -0.2) is 0 Å². The van der Waals surface area contributed by atoms with E-state index in [9.17, 15) is 4.79 Å². The number of carbonyl (C=O) groups excluding carboxylic acids is 1. The molecular formula is C11H18N4OS. The molecule has 0 spiro atoms. The monoisotopic (exact) mass is 254 g/mol. The maximum atomic E-state index is 11.9. The molecule has 5 nitrogen and oxygen atoms in total. The van der Waals surface area contributed by atoms with Crippen molar-refractivity contribution in [2.75, 3.05) is 23.4 Å². The molecule has 17 heavy (non-hydrogen) atoms. The van der Waals surface area contributed by atoms with Gasteiger partial charge in [-0.15, -0.1) is 0 Å².